The number of carbonyl (C=O) groups excluding carboxylic acids is 3. The van der Waals surface area contributed by atoms with Crippen molar-refractivity contribution in [2.45, 2.75) is 34.3 Å². The number of rotatable bonds is 7. The number of barbiturate groups is 1. The van der Waals surface area contributed by atoms with Crippen molar-refractivity contribution in [3.63, 3.8) is 0 Å². The van der Waals surface area contributed by atoms with Gasteiger partial charge in [0, 0.05) is 0 Å². The van der Waals surface area contributed by atoms with E-state index in [1.807, 2.05) is 58.0 Å². The van der Waals surface area contributed by atoms with Gasteiger partial charge in [0.2, 0.25) is 0 Å². The minimum Gasteiger partial charge on any atom is -0.490 e. The Morgan fingerprint density at radius 3 is 2.22 bits per heavy atom. The zero-order valence-corrected chi connectivity index (χ0v) is 23.2. The van der Waals surface area contributed by atoms with Crippen LogP contribution in [0, 0.1) is 24.3 Å². The number of ether oxygens (including phenoxy) is 2. The van der Waals surface area contributed by atoms with Crippen molar-refractivity contribution in [3.05, 3.63) is 91.6 Å². The lowest BCUT2D eigenvalue weighted by Crippen LogP contribution is -2.54. The summed E-state index contributed by atoms with van der Waals surface area (Å²) < 4.78 is 12.7. The Morgan fingerprint density at radius 2 is 1.57 bits per heavy atom. The molecule has 1 fully saturated rings. The van der Waals surface area contributed by atoms with E-state index in [1.54, 1.807) is 24.3 Å². The van der Waals surface area contributed by atoms with Crippen molar-refractivity contribution in [3.8, 4) is 11.5 Å². The van der Waals surface area contributed by atoms with E-state index in [1.165, 1.54) is 11.6 Å². The fraction of sp³-hybridized carbons (Fsp3) is 0.207. The zero-order chi connectivity index (χ0) is 26.7. The minimum absolute atomic E-state index is 0.148. The van der Waals surface area contributed by atoms with Crippen LogP contribution < -0.4 is 19.7 Å². The summed E-state index contributed by atoms with van der Waals surface area (Å²) in [6.07, 6.45) is 1.47. The van der Waals surface area contributed by atoms with Crippen LogP contribution in [0.15, 0.2) is 60.2 Å². The normalized spacial score (nSPS) is 14.7. The summed E-state index contributed by atoms with van der Waals surface area (Å²) >= 11 is 2.14. The molecule has 1 aliphatic heterocycles. The van der Waals surface area contributed by atoms with Crippen molar-refractivity contribution < 1.29 is 23.9 Å². The van der Waals surface area contributed by atoms with Crippen LogP contribution in [0.4, 0.5) is 10.5 Å². The van der Waals surface area contributed by atoms with Crippen LogP contribution in [0.2, 0.25) is 0 Å². The summed E-state index contributed by atoms with van der Waals surface area (Å²) in [5.74, 6) is -0.356. The van der Waals surface area contributed by atoms with Crippen molar-refractivity contribution in [1.29, 1.82) is 0 Å². The molecule has 4 rings (SSSR count). The van der Waals surface area contributed by atoms with Gasteiger partial charge in [0.25, 0.3) is 11.8 Å². The molecule has 0 radical (unpaired) electrons. The molecule has 4 amide bonds. The third kappa shape index (κ3) is 6.02. The van der Waals surface area contributed by atoms with E-state index < -0.39 is 17.8 Å². The maximum Gasteiger partial charge on any atom is 0.335 e. The van der Waals surface area contributed by atoms with Gasteiger partial charge < -0.3 is 9.47 Å². The Balaban J connectivity index is 1.67. The molecule has 0 aliphatic carbocycles. The predicted molar refractivity (Wildman–Crippen MR) is 151 cm³/mol. The first-order chi connectivity index (χ1) is 17.7. The van der Waals surface area contributed by atoms with E-state index in [4.69, 9.17) is 9.47 Å². The number of aryl methyl sites for hydroxylation is 3. The quantitative estimate of drug-likeness (QED) is 0.206. The molecule has 3 aromatic carbocycles. The summed E-state index contributed by atoms with van der Waals surface area (Å²) in [5.41, 5.74) is 4.82. The Morgan fingerprint density at radius 1 is 0.892 bits per heavy atom. The first-order valence-corrected chi connectivity index (χ1v) is 12.9. The van der Waals surface area contributed by atoms with E-state index >= 15 is 0 Å². The lowest BCUT2D eigenvalue weighted by atomic mass is 10.0. The molecule has 190 valence electrons. The molecule has 1 aliphatic rings. The summed E-state index contributed by atoms with van der Waals surface area (Å²) in [6.45, 7) is 8.43. The van der Waals surface area contributed by atoms with Gasteiger partial charge in [0.1, 0.15) is 12.2 Å². The van der Waals surface area contributed by atoms with Crippen LogP contribution in [0.1, 0.15) is 34.7 Å². The van der Waals surface area contributed by atoms with Gasteiger partial charge in [-0.3, -0.25) is 14.9 Å². The van der Waals surface area contributed by atoms with E-state index in [9.17, 15) is 14.4 Å². The third-order valence-electron chi connectivity index (χ3n) is 5.71. The molecule has 3 aromatic rings. The van der Waals surface area contributed by atoms with Gasteiger partial charge >= 0.3 is 6.03 Å². The molecular formula is C29H27IN2O5. The molecular weight excluding hydrogens is 583 g/mol. The summed E-state index contributed by atoms with van der Waals surface area (Å²) in [6, 6.07) is 16.2. The number of hydrogen-bond donors (Lipinski definition) is 1. The Labute approximate surface area is 229 Å². The highest BCUT2D eigenvalue weighted by Gasteiger charge is 2.37. The number of nitrogens with zero attached hydrogens (tertiary/aromatic N) is 1. The monoisotopic (exact) mass is 610 g/mol. The molecule has 1 heterocycles. The SMILES string of the molecule is CCOc1cc(/C=C2\C(=O)NC(=O)N(c3cc(C)cc(C)c3)C2=O)cc(I)c1OCc1ccc(C)cc1. The highest BCUT2D eigenvalue weighted by Crippen LogP contribution is 2.36. The van der Waals surface area contributed by atoms with Gasteiger partial charge in [0.15, 0.2) is 11.5 Å². The molecule has 0 aromatic heterocycles. The van der Waals surface area contributed by atoms with E-state index in [0.717, 1.165) is 25.2 Å². The Kier molecular flexibility index (Phi) is 7.97. The van der Waals surface area contributed by atoms with Crippen LogP contribution in [-0.4, -0.2) is 24.5 Å². The number of anilines is 1. The number of nitrogens with one attached hydrogen (secondary N) is 1. The maximum atomic E-state index is 13.3. The summed E-state index contributed by atoms with van der Waals surface area (Å²) in [7, 11) is 0. The van der Waals surface area contributed by atoms with Gasteiger partial charge in [-0.2, -0.15) is 0 Å². The second kappa shape index (κ2) is 11.2. The number of urea groups is 1. The average Bonchev–Trinajstić information content (AvgIpc) is 2.82. The van der Waals surface area contributed by atoms with Gasteiger partial charge in [-0.25, -0.2) is 9.69 Å². The standard InChI is InChI=1S/C29H27IN2O5/c1-5-36-25-15-21(14-24(30)26(25)37-16-20-8-6-17(2)7-9-20)13-23-27(33)31-29(35)32(28(23)34)22-11-18(3)10-19(4)12-22/h6-15H,5,16H2,1-4H3,(H,31,33,35)/b23-13+. The lowest BCUT2D eigenvalue weighted by Gasteiger charge is -2.27. The Hall–Kier alpha value is -3.66. The summed E-state index contributed by atoms with van der Waals surface area (Å²) in [4.78, 5) is 39.6. The fourth-order valence-electron chi connectivity index (χ4n) is 4.05. The molecule has 8 heteroatoms. The molecule has 7 nitrogen and oxygen atoms in total. The van der Waals surface area contributed by atoms with Crippen molar-refractivity contribution in [1.82, 2.24) is 5.32 Å². The minimum atomic E-state index is -0.776. The predicted octanol–water partition coefficient (Wildman–Crippen LogP) is 5.86. The molecule has 0 atom stereocenters. The van der Waals surface area contributed by atoms with Crippen molar-refractivity contribution >= 4 is 52.2 Å². The van der Waals surface area contributed by atoms with E-state index in [0.29, 0.717) is 36.0 Å². The molecule has 1 N–H and O–H groups in total. The van der Waals surface area contributed by atoms with E-state index in [-0.39, 0.29) is 5.57 Å². The highest BCUT2D eigenvalue weighted by atomic mass is 127. The lowest BCUT2D eigenvalue weighted by molar-refractivity contribution is -0.122. The second-order valence-corrected chi connectivity index (χ2v) is 10.0. The molecule has 0 spiro atoms. The van der Waals surface area contributed by atoms with Crippen LogP contribution in [0.5, 0.6) is 11.5 Å². The molecule has 0 bridgehead atoms. The first-order valence-electron chi connectivity index (χ1n) is 11.8. The first kappa shape index (κ1) is 26.4. The van der Waals surface area contributed by atoms with Crippen LogP contribution >= 0.6 is 22.6 Å². The van der Waals surface area contributed by atoms with Crippen LogP contribution in [-0.2, 0) is 16.2 Å². The van der Waals surface area contributed by atoms with Crippen LogP contribution in [0.25, 0.3) is 6.08 Å². The number of amides is 4. The largest absolute Gasteiger partial charge is 0.490 e. The zero-order valence-electron chi connectivity index (χ0n) is 21.1. The number of carbonyl (C=O) groups is 3. The topological polar surface area (TPSA) is 84.9 Å². The highest BCUT2D eigenvalue weighted by molar-refractivity contribution is 14.1. The summed E-state index contributed by atoms with van der Waals surface area (Å²) in [5, 5.41) is 2.28. The maximum absolute atomic E-state index is 13.3. The average molecular weight is 610 g/mol. The molecule has 0 saturated carbocycles. The number of hydrogen-bond acceptors (Lipinski definition) is 5. The fourth-order valence-corrected chi connectivity index (χ4v) is 4.83. The van der Waals surface area contributed by atoms with Gasteiger partial charge in [-0.05, 0) is 103 Å². The third-order valence-corrected chi connectivity index (χ3v) is 6.51. The van der Waals surface area contributed by atoms with E-state index in [2.05, 4.69) is 27.9 Å². The second-order valence-electron chi connectivity index (χ2n) is 8.84. The smallest absolute Gasteiger partial charge is 0.335 e. The molecule has 0 unspecified atom stereocenters. The number of benzene rings is 3. The Bertz CT molecular complexity index is 1390. The van der Waals surface area contributed by atoms with Gasteiger partial charge in [0.05, 0.1) is 15.9 Å². The van der Waals surface area contributed by atoms with Gasteiger partial charge in [-0.15, -0.1) is 0 Å². The molecule has 1 saturated heterocycles. The number of halogens is 1. The van der Waals surface area contributed by atoms with Gasteiger partial charge in [-0.1, -0.05) is 35.9 Å². The number of imide groups is 2. The van der Waals surface area contributed by atoms with Crippen LogP contribution in [0.3, 0.4) is 0 Å². The van der Waals surface area contributed by atoms with Crippen molar-refractivity contribution in [2.75, 3.05) is 11.5 Å². The van der Waals surface area contributed by atoms with Crippen molar-refractivity contribution in [2.24, 2.45) is 0 Å². The molecule has 37 heavy (non-hydrogen) atoms.